The first kappa shape index (κ1) is 21.0. The SMILES string of the molecule is Cc1ccc(-c2cc(C(=O)NC(CC(=N)c3cccnc3)c3ccccc3O)no2)cc1. The second-order valence-corrected chi connectivity index (χ2v) is 7.45. The number of hydrogen-bond donors (Lipinski definition) is 3. The highest BCUT2D eigenvalue weighted by Crippen LogP contribution is 2.28. The molecule has 4 rings (SSSR count). The predicted molar refractivity (Wildman–Crippen MR) is 121 cm³/mol. The molecule has 32 heavy (non-hydrogen) atoms. The molecule has 0 saturated carbocycles. The van der Waals surface area contributed by atoms with Crippen LogP contribution in [0.15, 0.2) is 83.6 Å². The fraction of sp³-hybridized carbons (Fsp3) is 0.120. The minimum absolute atomic E-state index is 0.0392. The summed E-state index contributed by atoms with van der Waals surface area (Å²) in [5.74, 6) is 0.0639. The molecule has 3 N–H and O–H groups in total. The predicted octanol–water partition coefficient (Wildman–Crippen LogP) is 4.68. The summed E-state index contributed by atoms with van der Waals surface area (Å²) in [6.45, 7) is 1.99. The van der Waals surface area contributed by atoms with Gasteiger partial charge in [-0.2, -0.15) is 0 Å². The fourth-order valence-corrected chi connectivity index (χ4v) is 3.35. The second kappa shape index (κ2) is 9.26. The topological polar surface area (TPSA) is 112 Å². The lowest BCUT2D eigenvalue weighted by Crippen LogP contribution is -2.30. The molecule has 1 unspecified atom stereocenters. The van der Waals surface area contributed by atoms with E-state index in [1.807, 2.05) is 31.2 Å². The smallest absolute Gasteiger partial charge is 0.273 e. The molecule has 0 spiro atoms. The first-order valence-electron chi connectivity index (χ1n) is 10.1. The number of amides is 1. The zero-order chi connectivity index (χ0) is 22.5. The van der Waals surface area contributed by atoms with Gasteiger partial charge in [0, 0.05) is 47.3 Å². The van der Waals surface area contributed by atoms with E-state index in [0.717, 1.165) is 11.1 Å². The minimum Gasteiger partial charge on any atom is -0.508 e. The molecule has 0 fully saturated rings. The van der Waals surface area contributed by atoms with Crippen molar-refractivity contribution in [1.29, 1.82) is 5.41 Å². The summed E-state index contributed by atoms with van der Waals surface area (Å²) in [6.07, 6.45) is 3.39. The van der Waals surface area contributed by atoms with Crippen molar-refractivity contribution in [2.75, 3.05) is 0 Å². The molecule has 1 amide bonds. The molecular formula is C25H22N4O3. The molecule has 2 aromatic carbocycles. The van der Waals surface area contributed by atoms with Crippen LogP contribution >= 0.6 is 0 Å². The Kier molecular flexibility index (Phi) is 6.07. The number of aromatic nitrogens is 2. The van der Waals surface area contributed by atoms with Gasteiger partial charge in [0.1, 0.15) is 5.75 Å². The number of nitrogens with zero attached hydrogens (tertiary/aromatic N) is 2. The van der Waals surface area contributed by atoms with Gasteiger partial charge in [0.2, 0.25) is 0 Å². The van der Waals surface area contributed by atoms with Crippen LogP contribution in [0.3, 0.4) is 0 Å². The van der Waals surface area contributed by atoms with Crippen LogP contribution < -0.4 is 5.32 Å². The highest BCUT2D eigenvalue weighted by atomic mass is 16.5. The molecule has 2 heterocycles. The summed E-state index contributed by atoms with van der Waals surface area (Å²) in [7, 11) is 0. The fourth-order valence-electron chi connectivity index (χ4n) is 3.35. The average Bonchev–Trinajstić information content (AvgIpc) is 3.30. The Hall–Kier alpha value is -4.26. The second-order valence-electron chi connectivity index (χ2n) is 7.45. The van der Waals surface area contributed by atoms with Crippen LogP contribution in [0, 0.1) is 12.3 Å². The Labute approximate surface area is 185 Å². The monoisotopic (exact) mass is 426 g/mol. The van der Waals surface area contributed by atoms with Crippen LogP contribution in [-0.4, -0.2) is 26.9 Å². The first-order chi connectivity index (χ1) is 15.5. The maximum atomic E-state index is 13.0. The van der Waals surface area contributed by atoms with Gasteiger partial charge in [-0.05, 0) is 19.1 Å². The number of hydrogen-bond acceptors (Lipinski definition) is 6. The van der Waals surface area contributed by atoms with E-state index < -0.39 is 11.9 Å². The molecular weight excluding hydrogens is 404 g/mol. The summed E-state index contributed by atoms with van der Waals surface area (Å²) >= 11 is 0. The molecule has 0 aliphatic carbocycles. The Morgan fingerprint density at radius 2 is 1.91 bits per heavy atom. The zero-order valence-corrected chi connectivity index (χ0v) is 17.4. The van der Waals surface area contributed by atoms with Gasteiger partial charge in [0.25, 0.3) is 5.91 Å². The van der Waals surface area contributed by atoms with Crippen LogP contribution in [0.2, 0.25) is 0 Å². The van der Waals surface area contributed by atoms with Gasteiger partial charge in [-0.3, -0.25) is 9.78 Å². The third-order valence-corrected chi connectivity index (χ3v) is 5.11. The summed E-state index contributed by atoms with van der Waals surface area (Å²) in [4.78, 5) is 17.0. The average molecular weight is 426 g/mol. The third kappa shape index (κ3) is 4.73. The standard InChI is InChI=1S/C25H22N4O3/c1-16-8-10-17(11-9-16)24-14-22(29-32-24)25(31)28-21(19-6-2-3-7-23(19)30)13-20(26)18-5-4-12-27-15-18/h2-12,14-15,21,26,30H,13H2,1H3,(H,28,31). The molecule has 0 bridgehead atoms. The maximum Gasteiger partial charge on any atom is 0.273 e. The van der Waals surface area contributed by atoms with E-state index >= 15 is 0 Å². The van der Waals surface area contributed by atoms with Gasteiger partial charge in [-0.1, -0.05) is 59.3 Å². The Morgan fingerprint density at radius 1 is 1.12 bits per heavy atom. The van der Waals surface area contributed by atoms with Gasteiger partial charge in [0.05, 0.1) is 6.04 Å². The van der Waals surface area contributed by atoms with E-state index in [4.69, 9.17) is 9.93 Å². The number of benzene rings is 2. The number of carbonyl (C=O) groups is 1. The van der Waals surface area contributed by atoms with E-state index in [9.17, 15) is 9.90 Å². The number of phenolic OH excluding ortho intramolecular Hbond substituents is 1. The highest BCUT2D eigenvalue weighted by molar-refractivity contribution is 5.99. The number of pyridine rings is 1. The van der Waals surface area contributed by atoms with Crippen molar-refractivity contribution in [3.05, 3.63) is 102 Å². The molecule has 4 aromatic rings. The minimum atomic E-state index is -0.643. The molecule has 0 saturated heterocycles. The van der Waals surface area contributed by atoms with Crippen LogP contribution in [0.4, 0.5) is 0 Å². The van der Waals surface area contributed by atoms with Crippen molar-refractivity contribution in [3.8, 4) is 17.1 Å². The summed E-state index contributed by atoms with van der Waals surface area (Å²) in [6, 6.07) is 18.9. The van der Waals surface area contributed by atoms with Crippen LogP contribution in [-0.2, 0) is 0 Å². The van der Waals surface area contributed by atoms with Gasteiger partial charge in [0.15, 0.2) is 11.5 Å². The van der Waals surface area contributed by atoms with Crippen molar-refractivity contribution in [3.63, 3.8) is 0 Å². The van der Waals surface area contributed by atoms with Crippen molar-refractivity contribution in [2.45, 2.75) is 19.4 Å². The van der Waals surface area contributed by atoms with Crippen LogP contribution in [0.1, 0.15) is 39.6 Å². The quantitative estimate of drug-likeness (QED) is 0.372. The highest BCUT2D eigenvalue weighted by Gasteiger charge is 2.23. The lowest BCUT2D eigenvalue weighted by molar-refractivity contribution is 0.0928. The Balaban J connectivity index is 1.57. The van der Waals surface area contributed by atoms with Crippen molar-refractivity contribution >= 4 is 11.6 Å². The van der Waals surface area contributed by atoms with Crippen LogP contribution in [0.25, 0.3) is 11.3 Å². The van der Waals surface area contributed by atoms with E-state index in [2.05, 4.69) is 15.5 Å². The summed E-state index contributed by atoms with van der Waals surface area (Å²) in [5.41, 5.74) is 3.49. The molecule has 160 valence electrons. The summed E-state index contributed by atoms with van der Waals surface area (Å²) in [5, 5.41) is 25.6. The number of rotatable bonds is 7. The first-order valence-corrected chi connectivity index (χ1v) is 10.1. The van der Waals surface area contributed by atoms with Gasteiger partial charge < -0.3 is 20.4 Å². The van der Waals surface area contributed by atoms with Crippen molar-refractivity contribution in [2.24, 2.45) is 0 Å². The van der Waals surface area contributed by atoms with E-state index in [0.29, 0.717) is 16.9 Å². The third-order valence-electron chi connectivity index (χ3n) is 5.11. The Bertz CT molecular complexity index is 1230. The zero-order valence-electron chi connectivity index (χ0n) is 17.4. The van der Waals surface area contributed by atoms with Crippen molar-refractivity contribution < 1.29 is 14.4 Å². The summed E-state index contributed by atoms with van der Waals surface area (Å²) < 4.78 is 5.36. The largest absolute Gasteiger partial charge is 0.508 e. The van der Waals surface area contributed by atoms with Gasteiger partial charge in [-0.15, -0.1) is 0 Å². The van der Waals surface area contributed by atoms with Gasteiger partial charge in [-0.25, -0.2) is 0 Å². The number of aromatic hydroxyl groups is 1. The molecule has 0 aliphatic rings. The number of nitrogens with one attached hydrogen (secondary N) is 2. The maximum absolute atomic E-state index is 13.0. The number of aryl methyl sites for hydroxylation is 1. The van der Waals surface area contributed by atoms with Crippen LogP contribution in [0.5, 0.6) is 5.75 Å². The number of carbonyl (C=O) groups excluding carboxylic acids is 1. The number of para-hydroxylation sites is 1. The molecule has 7 nitrogen and oxygen atoms in total. The van der Waals surface area contributed by atoms with E-state index in [1.54, 1.807) is 54.9 Å². The molecule has 0 radical (unpaired) electrons. The molecule has 0 aliphatic heterocycles. The normalized spacial score (nSPS) is 11.7. The lowest BCUT2D eigenvalue weighted by Gasteiger charge is -2.20. The molecule has 2 aromatic heterocycles. The number of phenols is 1. The van der Waals surface area contributed by atoms with E-state index in [-0.39, 0.29) is 23.6 Å². The van der Waals surface area contributed by atoms with Crippen molar-refractivity contribution in [1.82, 2.24) is 15.5 Å². The van der Waals surface area contributed by atoms with Gasteiger partial charge >= 0.3 is 0 Å². The Morgan fingerprint density at radius 3 is 2.62 bits per heavy atom. The molecule has 7 heteroatoms. The van der Waals surface area contributed by atoms with E-state index in [1.165, 1.54) is 0 Å². The lowest BCUT2D eigenvalue weighted by atomic mass is 9.97. The molecule has 1 atom stereocenters.